The van der Waals surface area contributed by atoms with E-state index in [1.54, 1.807) is 10.9 Å². The zero-order chi connectivity index (χ0) is 22.1. The summed E-state index contributed by atoms with van der Waals surface area (Å²) >= 11 is 1.30. The molecule has 1 saturated carbocycles. The number of carbonyl (C=O) groups excluding carboxylic acids is 1. The van der Waals surface area contributed by atoms with Crippen molar-refractivity contribution >= 4 is 44.9 Å². The van der Waals surface area contributed by atoms with Crippen LogP contribution in [0.3, 0.4) is 0 Å². The minimum atomic E-state index is -0.0632. The van der Waals surface area contributed by atoms with Crippen LogP contribution in [0.5, 0.6) is 0 Å². The Hall–Kier alpha value is -2.63. The first kappa shape index (κ1) is 21.2. The van der Waals surface area contributed by atoms with Crippen LogP contribution in [-0.2, 0) is 11.8 Å². The lowest BCUT2D eigenvalue weighted by molar-refractivity contribution is 0.00791. The topological polar surface area (TPSA) is 110 Å². The third-order valence-electron chi connectivity index (χ3n) is 6.12. The second-order valence-corrected chi connectivity index (χ2v) is 9.43. The molecule has 5 rings (SSSR count). The van der Waals surface area contributed by atoms with Crippen LogP contribution in [0.2, 0.25) is 0 Å². The monoisotopic (exact) mass is 456 g/mol. The van der Waals surface area contributed by atoms with E-state index in [9.17, 15) is 4.79 Å². The number of ether oxygens (including phenoxy) is 1. The average molecular weight is 457 g/mol. The largest absolute Gasteiger partial charge is 0.379 e. The number of nitrogens with one attached hydrogen (secondary N) is 2. The van der Waals surface area contributed by atoms with E-state index in [1.165, 1.54) is 18.3 Å². The smallest absolute Gasteiger partial charge is 0.230 e. The summed E-state index contributed by atoms with van der Waals surface area (Å²) in [6.07, 6.45) is 8.04. The zero-order valence-corrected chi connectivity index (χ0v) is 19.2. The van der Waals surface area contributed by atoms with Crippen molar-refractivity contribution in [2.24, 2.45) is 7.05 Å². The Bertz CT molecular complexity index is 1100. The SMILES string of the molecule is CC(=O)c1nc2c(N[C@H]3CC[C@H](N4CCOCC4)CC3)nc(Nc3cnn(C)c3)nc2s1. The van der Waals surface area contributed by atoms with Gasteiger partial charge in [-0.2, -0.15) is 15.1 Å². The Balaban J connectivity index is 1.35. The molecule has 3 aromatic rings. The summed E-state index contributed by atoms with van der Waals surface area (Å²) < 4.78 is 7.21. The predicted molar refractivity (Wildman–Crippen MR) is 124 cm³/mol. The molecule has 2 N–H and O–H groups in total. The number of thiazole rings is 1. The van der Waals surface area contributed by atoms with Crippen LogP contribution in [0.15, 0.2) is 12.4 Å². The molecule has 4 heterocycles. The molecule has 0 amide bonds. The van der Waals surface area contributed by atoms with E-state index in [4.69, 9.17) is 9.72 Å². The molecule has 0 radical (unpaired) electrons. The third kappa shape index (κ3) is 4.59. The van der Waals surface area contributed by atoms with Crippen LogP contribution in [0.25, 0.3) is 10.3 Å². The van der Waals surface area contributed by atoms with Gasteiger partial charge in [0.1, 0.15) is 5.52 Å². The number of anilines is 3. The van der Waals surface area contributed by atoms with Gasteiger partial charge in [-0.25, -0.2) is 4.98 Å². The van der Waals surface area contributed by atoms with Crippen LogP contribution in [0, 0.1) is 0 Å². The predicted octanol–water partition coefficient (Wildman–Crippen LogP) is 2.82. The number of Topliss-reactive ketones (excluding diaryl/α,β-unsaturated/α-hetero) is 1. The molecule has 1 saturated heterocycles. The lowest BCUT2D eigenvalue weighted by Gasteiger charge is -2.39. The summed E-state index contributed by atoms with van der Waals surface area (Å²) in [5.41, 5.74) is 1.47. The van der Waals surface area contributed by atoms with Crippen LogP contribution < -0.4 is 10.6 Å². The van der Waals surface area contributed by atoms with E-state index >= 15 is 0 Å². The summed E-state index contributed by atoms with van der Waals surface area (Å²) in [5.74, 6) is 1.08. The fraction of sp³-hybridized carbons (Fsp3) is 0.571. The quantitative estimate of drug-likeness (QED) is 0.541. The number of hydrogen-bond donors (Lipinski definition) is 2. The first-order valence-electron chi connectivity index (χ1n) is 11.1. The number of ketones is 1. The van der Waals surface area contributed by atoms with Crippen LogP contribution in [0.4, 0.5) is 17.5 Å². The van der Waals surface area contributed by atoms with E-state index in [0.29, 0.717) is 39.2 Å². The summed E-state index contributed by atoms with van der Waals surface area (Å²) in [7, 11) is 1.86. The number of morpholine rings is 1. The van der Waals surface area contributed by atoms with E-state index in [2.05, 4.69) is 30.6 Å². The van der Waals surface area contributed by atoms with Crippen LogP contribution in [0.1, 0.15) is 42.4 Å². The molecule has 10 nitrogen and oxygen atoms in total. The van der Waals surface area contributed by atoms with E-state index < -0.39 is 0 Å². The lowest BCUT2D eigenvalue weighted by atomic mass is 9.90. The first-order chi connectivity index (χ1) is 15.5. The minimum Gasteiger partial charge on any atom is -0.379 e. The van der Waals surface area contributed by atoms with Gasteiger partial charge in [-0.1, -0.05) is 11.3 Å². The maximum absolute atomic E-state index is 11.9. The molecule has 0 aromatic carbocycles. The average Bonchev–Trinajstić information content (AvgIpc) is 3.41. The molecular weight excluding hydrogens is 428 g/mol. The van der Waals surface area contributed by atoms with Gasteiger partial charge in [-0.05, 0) is 25.7 Å². The lowest BCUT2D eigenvalue weighted by Crippen LogP contribution is -2.46. The van der Waals surface area contributed by atoms with Gasteiger partial charge in [-0.3, -0.25) is 14.4 Å². The van der Waals surface area contributed by atoms with Crippen LogP contribution in [-0.4, -0.2) is 73.8 Å². The van der Waals surface area contributed by atoms with Crippen molar-refractivity contribution in [3.63, 3.8) is 0 Å². The Morgan fingerprint density at radius 3 is 2.62 bits per heavy atom. The van der Waals surface area contributed by atoms with Gasteiger partial charge in [0, 0.05) is 45.3 Å². The van der Waals surface area contributed by atoms with Gasteiger partial charge in [0.15, 0.2) is 21.4 Å². The molecule has 0 unspecified atom stereocenters. The highest BCUT2D eigenvalue weighted by Crippen LogP contribution is 2.31. The molecule has 2 fully saturated rings. The first-order valence-corrected chi connectivity index (χ1v) is 11.9. The van der Waals surface area contributed by atoms with Gasteiger partial charge in [0.2, 0.25) is 5.95 Å². The Morgan fingerprint density at radius 1 is 1.16 bits per heavy atom. The second-order valence-electron chi connectivity index (χ2n) is 8.45. The molecule has 0 spiro atoms. The molecule has 0 atom stereocenters. The van der Waals surface area contributed by atoms with Crippen LogP contribution >= 0.6 is 11.3 Å². The summed E-state index contributed by atoms with van der Waals surface area (Å²) in [4.78, 5) is 29.0. The fourth-order valence-corrected chi connectivity index (χ4v) is 5.30. The molecule has 1 aliphatic heterocycles. The zero-order valence-electron chi connectivity index (χ0n) is 18.4. The van der Waals surface area contributed by atoms with Gasteiger partial charge >= 0.3 is 0 Å². The Labute approximate surface area is 190 Å². The number of aryl methyl sites for hydroxylation is 1. The highest BCUT2D eigenvalue weighted by atomic mass is 32.1. The van der Waals surface area contributed by atoms with Gasteiger partial charge in [0.05, 0.1) is 25.1 Å². The van der Waals surface area contributed by atoms with E-state index in [1.807, 2.05) is 13.2 Å². The Kier molecular flexibility index (Phi) is 6.03. The van der Waals surface area contributed by atoms with Crippen molar-refractivity contribution < 1.29 is 9.53 Å². The number of carbonyl (C=O) groups is 1. The Morgan fingerprint density at radius 2 is 1.94 bits per heavy atom. The number of aromatic nitrogens is 5. The molecule has 1 aliphatic carbocycles. The van der Waals surface area contributed by atoms with Crippen molar-refractivity contribution in [3.05, 3.63) is 17.4 Å². The summed E-state index contributed by atoms with van der Waals surface area (Å²) in [6.45, 7) is 5.27. The maximum Gasteiger partial charge on any atom is 0.230 e. The molecule has 170 valence electrons. The fourth-order valence-electron chi connectivity index (χ4n) is 4.47. The molecule has 32 heavy (non-hydrogen) atoms. The van der Waals surface area contributed by atoms with E-state index in [0.717, 1.165) is 57.7 Å². The summed E-state index contributed by atoms with van der Waals surface area (Å²) in [6, 6.07) is 0.952. The van der Waals surface area contributed by atoms with Gasteiger partial charge in [-0.15, -0.1) is 0 Å². The normalized spacial score (nSPS) is 22.2. The third-order valence-corrected chi connectivity index (χ3v) is 7.17. The van der Waals surface area contributed by atoms with E-state index in [-0.39, 0.29) is 5.78 Å². The van der Waals surface area contributed by atoms with Crippen molar-refractivity contribution in [1.82, 2.24) is 29.6 Å². The summed E-state index contributed by atoms with van der Waals surface area (Å²) in [5, 5.41) is 11.5. The number of nitrogens with zero attached hydrogens (tertiary/aromatic N) is 6. The molecular formula is C21H28N8O2S. The molecule has 11 heteroatoms. The minimum absolute atomic E-state index is 0.0632. The highest BCUT2D eigenvalue weighted by Gasteiger charge is 2.28. The highest BCUT2D eigenvalue weighted by molar-refractivity contribution is 7.20. The van der Waals surface area contributed by atoms with Crippen molar-refractivity contribution in [3.8, 4) is 0 Å². The number of hydrogen-bond acceptors (Lipinski definition) is 10. The molecule has 2 aliphatic rings. The number of rotatable bonds is 6. The number of fused-ring (bicyclic) bond motifs is 1. The second kappa shape index (κ2) is 9.08. The van der Waals surface area contributed by atoms with Gasteiger partial charge in [0.25, 0.3) is 0 Å². The molecule has 0 bridgehead atoms. The van der Waals surface area contributed by atoms with Gasteiger partial charge < -0.3 is 15.4 Å². The van der Waals surface area contributed by atoms with Crippen molar-refractivity contribution in [1.29, 1.82) is 0 Å². The standard InChI is InChI=1S/C21H28N8O2S/c1-13(30)19-25-17-18(23-14-3-5-16(6-4-14)29-7-9-31-10-8-29)26-21(27-20(17)32-19)24-15-11-22-28(2)12-15/h11-12,14,16H,3-10H2,1-2H3,(H2,23,24,26,27)/t14-,16-. The van der Waals surface area contributed by atoms with Crippen molar-refractivity contribution in [2.75, 3.05) is 36.9 Å². The maximum atomic E-state index is 11.9. The van der Waals surface area contributed by atoms with Crippen molar-refractivity contribution in [2.45, 2.75) is 44.7 Å². The molecule has 3 aromatic heterocycles.